The molecule has 0 bridgehead atoms. The van der Waals surface area contributed by atoms with Gasteiger partial charge in [0.1, 0.15) is 5.04 Å². The second kappa shape index (κ2) is 7.93. The van der Waals surface area contributed by atoms with Gasteiger partial charge in [0.25, 0.3) is 0 Å². The predicted octanol–water partition coefficient (Wildman–Crippen LogP) is 3.37. The van der Waals surface area contributed by atoms with E-state index in [2.05, 4.69) is 9.82 Å². The van der Waals surface area contributed by atoms with Gasteiger partial charge in [0.05, 0.1) is 12.8 Å². The van der Waals surface area contributed by atoms with Crippen LogP contribution in [0.5, 0.6) is 0 Å². The molecule has 154 valence electrons. The van der Waals surface area contributed by atoms with Crippen molar-refractivity contribution in [3.8, 4) is 0 Å². The molecule has 1 aliphatic rings. The molecule has 3 rings (SSSR count). The Morgan fingerprint density at radius 1 is 1.07 bits per heavy atom. The van der Waals surface area contributed by atoms with Crippen molar-refractivity contribution in [3.63, 3.8) is 0 Å². The largest absolute Gasteiger partial charge is 0.272 e. The minimum absolute atomic E-state index is 0.00215. The molecule has 2 aromatic carbocycles. The summed E-state index contributed by atoms with van der Waals surface area (Å²) >= 11 is 1.39. The number of hydrazone groups is 1. The van der Waals surface area contributed by atoms with Gasteiger partial charge >= 0.3 is 0 Å². The molecule has 2 aromatic rings. The Hall–Kier alpha value is -2.16. The maximum atomic E-state index is 13.4. The van der Waals surface area contributed by atoms with Crippen LogP contribution in [0.3, 0.4) is 0 Å². The monoisotopic (exact) mass is 431 g/mol. The standard InChI is InChI=1S/C21H25N3O3S2/c1-20(2,3)19(25)24-21(15-22-29(4,26)27,17-13-9-6-10-14-17)28-18(23-24)16-11-7-5-8-12-16/h5-14,22H,15H2,1-4H3. The minimum atomic E-state index is -3.48. The smallest absolute Gasteiger partial charge is 0.249 e. The highest BCUT2D eigenvalue weighted by atomic mass is 32.2. The summed E-state index contributed by atoms with van der Waals surface area (Å²) in [5.41, 5.74) is 0.983. The molecule has 0 spiro atoms. The first kappa shape index (κ1) is 21.5. The molecule has 1 heterocycles. The minimum Gasteiger partial charge on any atom is -0.272 e. The van der Waals surface area contributed by atoms with Gasteiger partial charge in [0.2, 0.25) is 15.9 Å². The van der Waals surface area contributed by atoms with E-state index in [-0.39, 0.29) is 12.5 Å². The van der Waals surface area contributed by atoms with Gasteiger partial charge in [-0.1, -0.05) is 93.2 Å². The fraction of sp³-hybridized carbons (Fsp3) is 0.333. The Labute approximate surface area is 176 Å². The van der Waals surface area contributed by atoms with Crippen LogP contribution in [0, 0.1) is 5.41 Å². The first-order chi connectivity index (χ1) is 13.5. The van der Waals surface area contributed by atoms with Crippen LogP contribution in [-0.4, -0.2) is 37.2 Å². The summed E-state index contributed by atoms with van der Waals surface area (Å²) in [6, 6.07) is 19.0. The Morgan fingerprint density at radius 3 is 2.14 bits per heavy atom. The Bertz CT molecular complexity index is 1020. The van der Waals surface area contributed by atoms with E-state index in [9.17, 15) is 13.2 Å². The molecule has 0 radical (unpaired) electrons. The van der Waals surface area contributed by atoms with Crippen LogP contribution in [0.1, 0.15) is 31.9 Å². The van der Waals surface area contributed by atoms with E-state index in [0.29, 0.717) is 5.04 Å². The molecule has 8 heteroatoms. The first-order valence-electron chi connectivity index (χ1n) is 9.21. The van der Waals surface area contributed by atoms with E-state index in [1.807, 2.05) is 81.4 Å². The van der Waals surface area contributed by atoms with E-state index in [1.54, 1.807) is 0 Å². The number of hydrogen-bond acceptors (Lipinski definition) is 5. The summed E-state index contributed by atoms with van der Waals surface area (Å²) in [5, 5.41) is 6.80. The number of carbonyl (C=O) groups is 1. The summed E-state index contributed by atoms with van der Waals surface area (Å²) in [7, 11) is -3.48. The lowest BCUT2D eigenvalue weighted by molar-refractivity contribution is -0.143. The van der Waals surface area contributed by atoms with Crippen molar-refractivity contribution in [2.24, 2.45) is 10.5 Å². The molecule has 1 amide bonds. The molecule has 1 aliphatic heterocycles. The van der Waals surface area contributed by atoms with Crippen LogP contribution in [-0.2, 0) is 19.7 Å². The Balaban J connectivity index is 2.16. The van der Waals surface area contributed by atoms with Crippen LogP contribution in [0.15, 0.2) is 65.8 Å². The van der Waals surface area contributed by atoms with Crippen LogP contribution < -0.4 is 4.72 Å². The summed E-state index contributed by atoms with van der Waals surface area (Å²) in [5.74, 6) is -0.185. The average Bonchev–Trinajstić information content (AvgIpc) is 3.07. The van der Waals surface area contributed by atoms with Gasteiger partial charge in [-0.15, -0.1) is 0 Å². The lowest BCUT2D eigenvalue weighted by Gasteiger charge is -2.38. The lowest BCUT2D eigenvalue weighted by Crippen LogP contribution is -2.51. The van der Waals surface area contributed by atoms with Crippen molar-refractivity contribution >= 4 is 32.7 Å². The molecule has 29 heavy (non-hydrogen) atoms. The average molecular weight is 432 g/mol. The Morgan fingerprint density at radius 2 is 1.62 bits per heavy atom. The topological polar surface area (TPSA) is 78.8 Å². The van der Waals surface area contributed by atoms with Crippen molar-refractivity contribution in [3.05, 3.63) is 71.8 Å². The zero-order valence-corrected chi connectivity index (χ0v) is 18.5. The normalized spacial score (nSPS) is 19.9. The van der Waals surface area contributed by atoms with Gasteiger partial charge in [-0.05, 0) is 5.56 Å². The maximum Gasteiger partial charge on any atom is 0.249 e. The van der Waals surface area contributed by atoms with E-state index < -0.39 is 20.3 Å². The summed E-state index contributed by atoms with van der Waals surface area (Å²) in [4.78, 5) is 12.4. The van der Waals surface area contributed by atoms with Gasteiger partial charge in [-0.25, -0.2) is 18.1 Å². The second-order valence-corrected chi connectivity index (χ2v) is 11.1. The molecular weight excluding hydrogens is 406 g/mol. The van der Waals surface area contributed by atoms with Crippen molar-refractivity contribution in [1.29, 1.82) is 0 Å². The fourth-order valence-electron chi connectivity index (χ4n) is 2.94. The predicted molar refractivity (Wildman–Crippen MR) is 118 cm³/mol. The third-order valence-corrected chi connectivity index (χ3v) is 6.52. The molecule has 6 nitrogen and oxygen atoms in total. The van der Waals surface area contributed by atoms with Gasteiger partial charge in [-0.2, -0.15) is 5.10 Å². The number of rotatable bonds is 5. The first-order valence-corrected chi connectivity index (χ1v) is 11.9. The molecule has 0 aromatic heterocycles. The number of carbonyl (C=O) groups excluding carboxylic acids is 1. The van der Waals surface area contributed by atoms with Gasteiger partial charge in [0, 0.05) is 11.0 Å². The van der Waals surface area contributed by atoms with Gasteiger partial charge in [0.15, 0.2) is 4.87 Å². The van der Waals surface area contributed by atoms with Crippen LogP contribution in [0.4, 0.5) is 0 Å². The van der Waals surface area contributed by atoms with E-state index in [1.165, 1.54) is 16.8 Å². The molecule has 1 unspecified atom stereocenters. The van der Waals surface area contributed by atoms with Crippen molar-refractivity contribution in [1.82, 2.24) is 9.73 Å². The summed E-state index contributed by atoms with van der Waals surface area (Å²) < 4.78 is 26.4. The summed E-state index contributed by atoms with van der Waals surface area (Å²) in [6.45, 7) is 5.49. The fourth-order valence-corrected chi connectivity index (χ4v) is 4.81. The number of thioether (sulfide) groups is 1. The lowest BCUT2D eigenvalue weighted by atomic mass is 9.93. The van der Waals surface area contributed by atoms with Gasteiger partial charge in [-0.3, -0.25) is 4.79 Å². The zero-order valence-electron chi connectivity index (χ0n) is 16.9. The molecule has 0 aliphatic carbocycles. The number of sulfonamides is 1. The molecule has 0 saturated carbocycles. The number of benzene rings is 2. The third kappa shape index (κ3) is 4.71. The quantitative estimate of drug-likeness (QED) is 0.787. The molecule has 0 fully saturated rings. The van der Waals surface area contributed by atoms with Gasteiger partial charge < -0.3 is 0 Å². The van der Waals surface area contributed by atoms with E-state index >= 15 is 0 Å². The highest BCUT2D eigenvalue weighted by molar-refractivity contribution is 8.15. The van der Waals surface area contributed by atoms with Crippen molar-refractivity contribution in [2.45, 2.75) is 25.6 Å². The van der Waals surface area contributed by atoms with Crippen LogP contribution in [0.25, 0.3) is 0 Å². The zero-order chi connectivity index (χ0) is 21.3. The molecular formula is C21H25N3O3S2. The van der Waals surface area contributed by atoms with Crippen molar-refractivity contribution < 1.29 is 13.2 Å². The van der Waals surface area contributed by atoms with Crippen LogP contribution in [0.2, 0.25) is 0 Å². The summed E-state index contributed by atoms with van der Waals surface area (Å²) in [6.07, 6.45) is 1.11. The van der Waals surface area contributed by atoms with E-state index in [0.717, 1.165) is 17.4 Å². The third-order valence-electron chi connectivity index (χ3n) is 4.45. The number of hydrogen-bond donors (Lipinski definition) is 1. The van der Waals surface area contributed by atoms with E-state index in [4.69, 9.17) is 0 Å². The SMILES string of the molecule is CC(C)(C)C(=O)N1N=C(c2ccccc2)SC1(CNS(C)(=O)=O)c1ccccc1. The highest BCUT2D eigenvalue weighted by Gasteiger charge is 2.51. The Kier molecular flexibility index (Phi) is 5.89. The number of nitrogens with one attached hydrogen (secondary N) is 1. The van der Waals surface area contributed by atoms with Crippen molar-refractivity contribution in [2.75, 3.05) is 12.8 Å². The number of amides is 1. The highest BCUT2D eigenvalue weighted by Crippen LogP contribution is 2.48. The van der Waals surface area contributed by atoms with Crippen LogP contribution >= 0.6 is 11.8 Å². The number of nitrogens with zero attached hydrogens (tertiary/aromatic N) is 2. The molecule has 0 saturated heterocycles. The molecule has 1 atom stereocenters. The molecule has 1 N–H and O–H groups in total. The second-order valence-electron chi connectivity index (χ2n) is 7.98. The maximum absolute atomic E-state index is 13.4.